The molecule has 0 fully saturated rings. The summed E-state index contributed by atoms with van der Waals surface area (Å²) in [6.45, 7) is 0.0956. The Kier molecular flexibility index (Phi) is 1.98. The van der Waals surface area contributed by atoms with E-state index in [4.69, 9.17) is 5.11 Å². The number of nitrogens with one attached hydrogen (secondary N) is 1. The fourth-order valence-electron chi connectivity index (χ4n) is 1.31. The number of aromatic nitrogens is 2. The second kappa shape index (κ2) is 3.14. The quantitative estimate of drug-likeness (QED) is 0.730. The highest BCUT2D eigenvalue weighted by Crippen LogP contribution is 2.16. The van der Waals surface area contributed by atoms with Crippen molar-refractivity contribution in [2.75, 3.05) is 6.61 Å². The van der Waals surface area contributed by atoms with E-state index >= 15 is 0 Å². The standard InChI is InChI=1S/C9H9FN2O/c10-9-7-2-1-6(3-4-13)5-8(7)11-12-9/h1-2,5,13H,3-4H2,(H,11,12). The van der Waals surface area contributed by atoms with Crippen LogP contribution < -0.4 is 0 Å². The molecule has 13 heavy (non-hydrogen) atoms. The van der Waals surface area contributed by atoms with Gasteiger partial charge in [-0.15, -0.1) is 0 Å². The molecule has 0 saturated carbocycles. The molecule has 0 amide bonds. The monoisotopic (exact) mass is 180 g/mol. The summed E-state index contributed by atoms with van der Waals surface area (Å²) in [7, 11) is 0. The Morgan fingerprint density at radius 1 is 1.46 bits per heavy atom. The summed E-state index contributed by atoms with van der Waals surface area (Å²) in [6, 6.07) is 5.22. The number of fused-ring (bicyclic) bond motifs is 1. The molecular formula is C9H9FN2O. The first-order chi connectivity index (χ1) is 6.31. The van der Waals surface area contributed by atoms with Gasteiger partial charge < -0.3 is 5.11 Å². The van der Waals surface area contributed by atoms with Gasteiger partial charge in [-0.1, -0.05) is 6.07 Å². The highest BCUT2D eigenvalue weighted by Gasteiger charge is 2.04. The lowest BCUT2D eigenvalue weighted by atomic mass is 10.1. The molecule has 0 aliphatic rings. The summed E-state index contributed by atoms with van der Waals surface area (Å²) < 4.78 is 12.9. The second-order valence-electron chi connectivity index (χ2n) is 2.86. The van der Waals surface area contributed by atoms with E-state index in [0.717, 1.165) is 5.56 Å². The van der Waals surface area contributed by atoms with Gasteiger partial charge in [-0.05, 0) is 24.1 Å². The van der Waals surface area contributed by atoms with Gasteiger partial charge in [-0.2, -0.15) is 9.49 Å². The lowest BCUT2D eigenvalue weighted by Gasteiger charge is -1.96. The Labute approximate surface area is 74.2 Å². The van der Waals surface area contributed by atoms with Gasteiger partial charge in [0.25, 0.3) is 0 Å². The largest absolute Gasteiger partial charge is 0.396 e. The zero-order valence-corrected chi connectivity index (χ0v) is 6.92. The summed E-state index contributed by atoms with van der Waals surface area (Å²) in [4.78, 5) is 0. The fourth-order valence-corrected chi connectivity index (χ4v) is 1.31. The van der Waals surface area contributed by atoms with Crippen LogP contribution in [0.5, 0.6) is 0 Å². The number of aliphatic hydroxyl groups is 1. The Morgan fingerprint density at radius 3 is 3.08 bits per heavy atom. The minimum atomic E-state index is -0.412. The van der Waals surface area contributed by atoms with E-state index in [1.165, 1.54) is 0 Å². The van der Waals surface area contributed by atoms with Gasteiger partial charge in [0.15, 0.2) is 0 Å². The van der Waals surface area contributed by atoms with Crippen LogP contribution in [0.25, 0.3) is 10.9 Å². The zero-order chi connectivity index (χ0) is 9.26. The third-order valence-corrected chi connectivity index (χ3v) is 1.97. The molecule has 1 aromatic carbocycles. The van der Waals surface area contributed by atoms with E-state index in [1.807, 2.05) is 0 Å². The van der Waals surface area contributed by atoms with Gasteiger partial charge in [0.2, 0.25) is 5.95 Å². The number of hydrogen-bond donors (Lipinski definition) is 2. The van der Waals surface area contributed by atoms with Gasteiger partial charge in [0, 0.05) is 6.61 Å². The van der Waals surface area contributed by atoms with Crippen molar-refractivity contribution in [3.8, 4) is 0 Å². The van der Waals surface area contributed by atoms with Crippen LogP contribution in [-0.4, -0.2) is 21.9 Å². The third-order valence-electron chi connectivity index (χ3n) is 1.97. The Bertz CT molecular complexity index is 424. The van der Waals surface area contributed by atoms with E-state index in [2.05, 4.69) is 10.2 Å². The maximum absolute atomic E-state index is 12.9. The Morgan fingerprint density at radius 2 is 2.31 bits per heavy atom. The average Bonchev–Trinajstić information content (AvgIpc) is 2.48. The maximum Gasteiger partial charge on any atom is 0.216 e. The summed E-state index contributed by atoms with van der Waals surface area (Å²) in [5, 5.41) is 15.2. The molecule has 2 aromatic rings. The van der Waals surface area contributed by atoms with Crippen molar-refractivity contribution in [3.63, 3.8) is 0 Å². The summed E-state index contributed by atoms with van der Waals surface area (Å²) in [5.41, 5.74) is 1.56. The van der Waals surface area contributed by atoms with Crippen molar-refractivity contribution in [3.05, 3.63) is 29.7 Å². The zero-order valence-electron chi connectivity index (χ0n) is 6.92. The van der Waals surface area contributed by atoms with Crippen LogP contribution in [0.4, 0.5) is 4.39 Å². The van der Waals surface area contributed by atoms with E-state index in [-0.39, 0.29) is 6.61 Å². The van der Waals surface area contributed by atoms with Crippen molar-refractivity contribution in [1.29, 1.82) is 0 Å². The number of halogens is 1. The second-order valence-corrected chi connectivity index (χ2v) is 2.86. The average molecular weight is 180 g/mol. The maximum atomic E-state index is 12.9. The van der Waals surface area contributed by atoms with E-state index in [1.54, 1.807) is 18.2 Å². The van der Waals surface area contributed by atoms with Gasteiger partial charge in [0.1, 0.15) is 0 Å². The topological polar surface area (TPSA) is 48.9 Å². The molecule has 0 unspecified atom stereocenters. The molecule has 0 spiro atoms. The number of rotatable bonds is 2. The predicted molar refractivity (Wildman–Crippen MR) is 46.8 cm³/mol. The molecule has 4 heteroatoms. The normalized spacial score (nSPS) is 10.9. The number of hydrogen-bond acceptors (Lipinski definition) is 2. The van der Waals surface area contributed by atoms with Gasteiger partial charge in [-0.25, -0.2) is 0 Å². The summed E-state index contributed by atoms with van der Waals surface area (Å²) in [5.74, 6) is -0.412. The van der Waals surface area contributed by atoms with Gasteiger partial charge in [-0.3, -0.25) is 5.10 Å². The highest BCUT2D eigenvalue weighted by molar-refractivity contribution is 5.79. The van der Waals surface area contributed by atoms with Crippen molar-refractivity contribution < 1.29 is 9.50 Å². The van der Waals surface area contributed by atoms with Crippen LogP contribution in [0.1, 0.15) is 5.56 Å². The molecule has 3 nitrogen and oxygen atoms in total. The number of aliphatic hydroxyl groups excluding tert-OH is 1. The Balaban J connectivity index is 2.50. The molecule has 2 N–H and O–H groups in total. The molecule has 0 aliphatic carbocycles. The summed E-state index contributed by atoms with van der Waals surface area (Å²) >= 11 is 0. The van der Waals surface area contributed by atoms with Crippen molar-refractivity contribution in [2.45, 2.75) is 6.42 Å². The van der Waals surface area contributed by atoms with E-state index in [9.17, 15) is 4.39 Å². The first kappa shape index (κ1) is 8.19. The number of benzene rings is 1. The molecule has 0 atom stereocenters. The van der Waals surface area contributed by atoms with E-state index in [0.29, 0.717) is 17.3 Å². The number of aromatic amines is 1. The van der Waals surface area contributed by atoms with Crippen LogP contribution in [0, 0.1) is 5.95 Å². The van der Waals surface area contributed by atoms with Crippen molar-refractivity contribution >= 4 is 10.9 Å². The molecule has 2 rings (SSSR count). The van der Waals surface area contributed by atoms with Gasteiger partial charge in [0.05, 0.1) is 10.9 Å². The molecule has 1 heterocycles. The SMILES string of the molecule is OCCc1ccc2c(F)[nH]nc2c1. The van der Waals surface area contributed by atoms with Crippen LogP contribution in [0.3, 0.4) is 0 Å². The van der Waals surface area contributed by atoms with Crippen LogP contribution in [0.15, 0.2) is 18.2 Å². The van der Waals surface area contributed by atoms with Crippen molar-refractivity contribution in [2.24, 2.45) is 0 Å². The number of nitrogens with zero attached hydrogens (tertiary/aromatic N) is 1. The van der Waals surface area contributed by atoms with Gasteiger partial charge >= 0.3 is 0 Å². The molecule has 0 aliphatic heterocycles. The predicted octanol–water partition coefficient (Wildman–Crippen LogP) is 1.24. The molecule has 68 valence electrons. The Hall–Kier alpha value is -1.42. The lowest BCUT2D eigenvalue weighted by Crippen LogP contribution is -1.89. The molecule has 0 saturated heterocycles. The number of H-pyrrole nitrogens is 1. The van der Waals surface area contributed by atoms with Crippen LogP contribution in [0.2, 0.25) is 0 Å². The first-order valence-corrected chi connectivity index (χ1v) is 4.04. The fraction of sp³-hybridized carbons (Fsp3) is 0.222. The summed E-state index contributed by atoms with van der Waals surface area (Å²) in [6.07, 6.45) is 0.574. The van der Waals surface area contributed by atoms with Crippen LogP contribution in [-0.2, 0) is 6.42 Å². The molecule has 0 radical (unpaired) electrons. The minimum absolute atomic E-state index is 0.0956. The minimum Gasteiger partial charge on any atom is -0.396 e. The van der Waals surface area contributed by atoms with Crippen LogP contribution >= 0.6 is 0 Å². The molecule has 1 aromatic heterocycles. The molecular weight excluding hydrogens is 171 g/mol. The highest BCUT2D eigenvalue weighted by atomic mass is 19.1. The first-order valence-electron chi connectivity index (χ1n) is 4.04. The lowest BCUT2D eigenvalue weighted by molar-refractivity contribution is 0.299. The van der Waals surface area contributed by atoms with E-state index < -0.39 is 5.95 Å². The third kappa shape index (κ3) is 1.40. The smallest absolute Gasteiger partial charge is 0.216 e. The van der Waals surface area contributed by atoms with Crippen molar-refractivity contribution in [1.82, 2.24) is 10.2 Å². The molecule has 0 bridgehead atoms.